The minimum atomic E-state index is 0.275. The van der Waals surface area contributed by atoms with E-state index in [2.05, 4.69) is 39.6 Å². The summed E-state index contributed by atoms with van der Waals surface area (Å²) >= 11 is 5.13. The largest absolute Gasteiger partial charge is 0.488 e. The first kappa shape index (κ1) is 14.7. The molecule has 1 aliphatic rings. The lowest BCUT2D eigenvalue weighted by Gasteiger charge is -2.12. The minimum absolute atomic E-state index is 0.275. The predicted octanol–water partition coefficient (Wildman–Crippen LogP) is 3.93. The van der Waals surface area contributed by atoms with E-state index in [0.717, 1.165) is 40.4 Å². The first-order valence-electron chi connectivity index (χ1n) is 6.75. The number of fused-ring (bicyclic) bond motifs is 1. The zero-order chi connectivity index (χ0) is 14.7. The van der Waals surface area contributed by atoms with Crippen molar-refractivity contribution in [2.45, 2.75) is 20.1 Å². The third-order valence-corrected chi connectivity index (χ3v) is 4.78. The summed E-state index contributed by atoms with van der Waals surface area (Å²) in [6.07, 6.45) is 0. The van der Waals surface area contributed by atoms with Crippen molar-refractivity contribution in [1.82, 2.24) is 5.32 Å². The third-order valence-electron chi connectivity index (χ3n) is 3.11. The van der Waals surface area contributed by atoms with Gasteiger partial charge in [0.15, 0.2) is 11.5 Å². The van der Waals surface area contributed by atoms with Gasteiger partial charge in [-0.25, -0.2) is 0 Å². The zero-order valence-electron chi connectivity index (χ0n) is 11.6. The Labute approximate surface area is 136 Å². The average Bonchev–Trinajstić information content (AvgIpc) is 3.10. The number of hydrogen-bond acceptors (Lipinski definition) is 5. The Morgan fingerprint density at radius 3 is 2.81 bits per heavy atom. The van der Waals surface area contributed by atoms with Crippen LogP contribution in [0.3, 0.4) is 0 Å². The van der Waals surface area contributed by atoms with Crippen LogP contribution in [0.2, 0.25) is 0 Å². The van der Waals surface area contributed by atoms with E-state index in [0.29, 0.717) is 6.61 Å². The molecular weight excluding hydrogens is 354 g/mol. The van der Waals surface area contributed by atoms with Crippen molar-refractivity contribution >= 4 is 27.3 Å². The molecule has 0 saturated heterocycles. The number of hydrogen-bond donors (Lipinski definition) is 1. The molecule has 0 amide bonds. The molecule has 1 aliphatic heterocycles. The Kier molecular flexibility index (Phi) is 4.67. The van der Waals surface area contributed by atoms with Gasteiger partial charge in [-0.3, -0.25) is 0 Å². The van der Waals surface area contributed by atoms with Gasteiger partial charge in [0.1, 0.15) is 12.4 Å². The van der Waals surface area contributed by atoms with E-state index in [1.807, 2.05) is 12.1 Å². The van der Waals surface area contributed by atoms with Gasteiger partial charge in [-0.15, -0.1) is 11.3 Å². The zero-order valence-corrected chi connectivity index (χ0v) is 14.1. The second kappa shape index (κ2) is 6.68. The summed E-state index contributed by atoms with van der Waals surface area (Å²) in [5.41, 5.74) is 1.08. The first-order chi connectivity index (χ1) is 10.3. The van der Waals surface area contributed by atoms with Crippen LogP contribution in [-0.4, -0.2) is 13.3 Å². The highest BCUT2D eigenvalue weighted by Gasteiger charge is 2.18. The highest BCUT2D eigenvalue weighted by Crippen LogP contribution is 2.38. The summed E-state index contributed by atoms with van der Waals surface area (Å²) in [7, 11) is 0. The number of halogens is 1. The Bertz CT molecular complexity index is 629. The van der Waals surface area contributed by atoms with Crippen molar-refractivity contribution < 1.29 is 14.2 Å². The molecule has 3 rings (SSSR count). The van der Waals surface area contributed by atoms with Crippen molar-refractivity contribution in [3.8, 4) is 17.2 Å². The summed E-state index contributed by atoms with van der Waals surface area (Å²) in [5.74, 6) is 2.37. The Balaban J connectivity index is 1.78. The van der Waals surface area contributed by atoms with Crippen LogP contribution >= 0.6 is 27.3 Å². The molecule has 0 fully saturated rings. The average molecular weight is 370 g/mol. The molecule has 112 valence electrons. The summed E-state index contributed by atoms with van der Waals surface area (Å²) in [6.45, 7) is 4.56. The highest BCUT2D eigenvalue weighted by molar-refractivity contribution is 9.10. The van der Waals surface area contributed by atoms with E-state index in [-0.39, 0.29) is 6.79 Å². The van der Waals surface area contributed by atoms with Crippen LogP contribution in [0, 0.1) is 0 Å². The molecule has 4 nitrogen and oxygen atoms in total. The molecule has 1 aromatic carbocycles. The normalized spacial score (nSPS) is 12.7. The molecule has 6 heteroatoms. The lowest BCUT2D eigenvalue weighted by atomic mass is 10.1. The van der Waals surface area contributed by atoms with Crippen LogP contribution in [0.1, 0.15) is 17.4 Å². The summed E-state index contributed by atoms with van der Waals surface area (Å²) in [6, 6.07) is 5.98. The molecule has 0 saturated carbocycles. The van der Waals surface area contributed by atoms with Crippen LogP contribution in [0.4, 0.5) is 0 Å². The van der Waals surface area contributed by atoms with Crippen LogP contribution < -0.4 is 19.5 Å². The van der Waals surface area contributed by atoms with E-state index in [4.69, 9.17) is 14.2 Å². The van der Waals surface area contributed by atoms with Crippen molar-refractivity contribution in [2.24, 2.45) is 0 Å². The second-order valence-corrected chi connectivity index (χ2v) is 6.52. The van der Waals surface area contributed by atoms with Crippen molar-refractivity contribution in [1.29, 1.82) is 0 Å². The maximum atomic E-state index is 5.97. The Morgan fingerprint density at radius 2 is 2.10 bits per heavy atom. The predicted molar refractivity (Wildman–Crippen MR) is 86.3 cm³/mol. The lowest BCUT2D eigenvalue weighted by Crippen LogP contribution is -2.12. The van der Waals surface area contributed by atoms with Gasteiger partial charge in [0, 0.05) is 32.9 Å². The Morgan fingerprint density at radius 1 is 1.29 bits per heavy atom. The smallest absolute Gasteiger partial charge is 0.231 e. The third kappa shape index (κ3) is 3.51. The topological polar surface area (TPSA) is 39.7 Å². The summed E-state index contributed by atoms with van der Waals surface area (Å²) in [4.78, 5) is 1.17. The van der Waals surface area contributed by atoms with Gasteiger partial charge in [0.05, 0.1) is 0 Å². The van der Waals surface area contributed by atoms with Crippen molar-refractivity contribution in [3.63, 3.8) is 0 Å². The lowest BCUT2D eigenvalue weighted by molar-refractivity contribution is 0.173. The highest BCUT2D eigenvalue weighted by atomic mass is 79.9. The first-order valence-corrected chi connectivity index (χ1v) is 8.42. The molecule has 2 heterocycles. The maximum Gasteiger partial charge on any atom is 0.231 e. The minimum Gasteiger partial charge on any atom is -0.488 e. The number of ether oxygens (including phenoxy) is 3. The van der Waals surface area contributed by atoms with Gasteiger partial charge in [-0.05, 0) is 34.6 Å². The van der Waals surface area contributed by atoms with Gasteiger partial charge in [-0.1, -0.05) is 6.92 Å². The maximum absolute atomic E-state index is 5.97. The van der Waals surface area contributed by atoms with E-state index in [1.54, 1.807) is 11.3 Å². The molecule has 0 aliphatic carbocycles. The van der Waals surface area contributed by atoms with E-state index in [1.165, 1.54) is 4.88 Å². The number of benzene rings is 1. The van der Waals surface area contributed by atoms with Gasteiger partial charge >= 0.3 is 0 Å². The van der Waals surface area contributed by atoms with E-state index >= 15 is 0 Å². The number of rotatable bonds is 6. The van der Waals surface area contributed by atoms with Crippen LogP contribution in [0.5, 0.6) is 17.2 Å². The van der Waals surface area contributed by atoms with Crippen molar-refractivity contribution in [2.75, 3.05) is 13.3 Å². The second-order valence-electron chi connectivity index (χ2n) is 4.61. The van der Waals surface area contributed by atoms with Crippen molar-refractivity contribution in [3.05, 3.63) is 38.5 Å². The molecule has 0 unspecified atom stereocenters. The monoisotopic (exact) mass is 369 g/mol. The summed E-state index contributed by atoms with van der Waals surface area (Å²) < 4.78 is 17.9. The quantitative estimate of drug-likeness (QED) is 0.837. The SMILES string of the molecule is CCNCc1cc2c(cc1OCc1cc(Br)cs1)OCO2. The van der Waals surface area contributed by atoms with Gasteiger partial charge in [0.25, 0.3) is 0 Å². The molecule has 21 heavy (non-hydrogen) atoms. The van der Waals surface area contributed by atoms with E-state index in [9.17, 15) is 0 Å². The molecule has 1 N–H and O–H groups in total. The Hall–Kier alpha value is -1.24. The van der Waals surface area contributed by atoms with Crippen LogP contribution in [0.15, 0.2) is 28.1 Å². The number of nitrogens with one attached hydrogen (secondary N) is 1. The van der Waals surface area contributed by atoms with Crippen LogP contribution in [0.25, 0.3) is 0 Å². The standard InChI is InChI=1S/C15H16BrNO3S/c1-2-17-6-10-3-14-15(20-9-19-14)5-13(10)18-7-12-4-11(16)8-21-12/h3-5,8,17H,2,6-7,9H2,1H3. The molecule has 1 aromatic heterocycles. The van der Waals surface area contributed by atoms with Crippen LogP contribution in [-0.2, 0) is 13.2 Å². The molecule has 0 atom stereocenters. The molecule has 2 aromatic rings. The molecule has 0 radical (unpaired) electrons. The van der Waals surface area contributed by atoms with Gasteiger partial charge < -0.3 is 19.5 Å². The van der Waals surface area contributed by atoms with Gasteiger partial charge in [-0.2, -0.15) is 0 Å². The number of thiophene rings is 1. The molecular formula is C15H16BrNO3S. The fourth-order valence-corrected chi connectivity index (χ4v) is 3.44. The van der Waals surface area contributed by atoms with Gasteiger partial charge in [0.2, 0.25) is 6.79 Å². The molecule has 0 bridgehead atoms. The molecule has 0 spiro atoms. The summed E-state index contributed by atoms with van der Waals surface area (Å²) in [5, 5.41) is 5.37. The fraction of sp³-hybridized carbons (Fsp3) is 0.333. The van der Waals surface area contributed by atoms with E-state index < -0.39 is 0 Å². The fourth-order valence-electron chi connectivity index (χ4n) is 2.08.